The average molecular weight is 280 g/mol. The maximum absolute atomic E-state index is 12.8. The lowest BCUT2D eigenvalue weighted by Gasteiger charge is -2.12. The van der Waals surface area contributed by atoms with Gasteiger partial charge in [-0.1, -0.05) is 12.1 Å². The first-order chi connectivity index (χ1) is 8.97. The zero-order valence-electron chi connectivity index (χ0n) is 10.5. The first-order valence-corrected chi connectivity index (χ1v) is 6.51. The minimum atomic E-state index is -1.03. The summed E-state index contributed by atoms with van der Waals surface area (Å²) in [6.45, 7) is 3.62. The molecule has 0 saturated heterocycles. The number of aromatic carboxylic acids is 1. The Kier molecular flexibility index (Phi) is 3.80. The van der Waals surface area contributed by atoms with Crippen LogP contribution in [0, 0.1) is 12.7 Å². The number of rotatable bonds is 4. The molecule has 4 nitrogen and oxygen atoms in total. The van der Waals surface area contributed by atoms with Crippen molar-refractivity contribution in [3.8, 4) is 0 Å². The molecule has 2 N–H and O–H groups in total. The van der Waals surface area contributed by atoms with Crippen LogP contribution in [0.1, 0.15) is 33.9 Å². The number of carboxylic acids is 1. The number of hydrogen-bond acceptors (Lipinski definition) is 4. The lowest BCUT2D eigenvalue weighted by atomic mass is 10.1. The molecular weight excluding hydrogens is 267 g/mol. The molecule has 0 spiro atoms. The van der Waals surface area contributed by atoms with Crippen molar-refractivity contribution in [2.75, 3.05) is 5.32 Å². The Balaban J connectivity index is 2.14. The zero-order valence-corrected chi connectivity index (χ0v) is 11.3. The topological polar surface area (TPSA) is 62.2 Å². The fraction of sp³-hybridized carbons (Fsp3) is 0.231. The van der Waals surface area contributed by atoms with Crippen LogP contribution in [0.2, 0.25) is 0 Å². The van der Waals surface area contributed by atoms with Crippen molar-refractivity contribution in [1.82, 2.24) is 4.98 Å². The number of aryl methyl sites for hydroxylation is 1. The fourth-order valence-electron chi connectivity index (χ4n) is 1.68. The minimum Gasteiger partial charge on any atom is -0.476 e. The molecule has 0 aliphatic rings. The second-order valence-electron chi connectivity index (χ2n) is 4.15. The molecule has 0 aliphatic carbocycles. The van der Waals surface area contributed by atoms with Gasteiger partial charge in [0.05, 0.1) is 6.04 Å². The summed E-state index contributed by atoms with van der Waals surface area (Å²) in [5.41, 5.74) is 0.977. The Morgan fingerprint density at radius 2 is 2.05 bits per heavy atom. The van der Waals surface area contributed by atoms with Gasteiger partial charge in [0.1, 0.15) is 5.82 Å². The van der Waals surface area contributed by atoms with E-state index in [1.165, 1.54) is 23.5 Å². The van der Waals surface area contributed by atoms with Crippen molar-refractivity contribution in [2.45, 2.75) is 19.9 Å². The van der Waals surface area contributed by atoms with Crippen molar-refractivity contribution < 1.29 is 14.3 Å². The quantitative estimate of drug-likeness (QED) is 0.900. The number of hydrogen-bond donors (Lipinski definition) is 2. The molecule has 19 heavy (non-hydrogen) atoms. The number of carboxylic acid groups (broad SMARTS) is 1. The van der Waals surface area contributed by atoms with Crippen LogP contribution in [-0.2, 0) is 0 Å². The molecule has 1 aromatic carbocycles. The van der Waals surface area contributed by atoms with Gasteiger partial charge >= 0.3 is 5.97 Å². The van der Waals surface area contributed by atoms with Gasteiger partial charge in [-0.15, -0.1) is 11.3 Å². The van der Waals surface area contributed by atoms with E-state index in [9.17, 15) is 9.18 Å². The first-order valence-electron chi connectivity index (χ1n) is 5.70. The van der Waals surface area contributed by atoms with Gasteiger partial charge < -0.3 is 10.4 Å². The van der Waals surface area contributed by atoms with Crippen LogP contribution < -0.4 is 5.32 Å². The summed E-state index contributed by atoms with van der Waals surface area (Å²) in [5.74, 6) is -1.31. The lowest BCUT2D eigenvalue weighted by molar-refractivity contribution is 0.0690. The van der Waals surface area contributed by atoms with Crippen molar-refractivity contribution in [1.29, 1.82) is 0 Å². The van der Waals surface area contributed by atoms with Crippen molar-refractivity contribution in [2.24, 2.45) is 0 Å². The SMILES string of the molecule is Cc1sc(NC(C)c2ccc(F)cc2)nc1C(=O)O. The maximum atomic E-state index is 12.8. The average Bonchev–Trinajstić information content (AvgIpc) is 2.71. The highest BCUT2D eigenvalue weighted by molar-refractivity contribution is 7.15. The van der Waals surface area contributed by atoms with E-state index in [1.807, 2.05) is 6.92 Å². The molecule has 0 amide bonds. The molecule has 0 fully saturated rings. The van der Waals surface area contributed by atoms with E-state index in [-0.39, 0.29) is 17.6 Å². The Bertz CT molecular complexity index is 595. The number of nitrogens with zero attached hydrogens (tertiary/aromatic N) is 1. The molecule has 0 bridgehead atoms. The van der Waals surface area contributed by atoms with Crippen LogP contribution >= 0.6 is 11.3 Å². The molecule has 1 atom stereocenters. The zero-order chi connectivity index (χ0) is 14.0. The van der Waals surface area contributed by atoms with E-state index >= 15 is 0 Å². The minimum absolute atomic E-state index is 0.0683. The maximum Gasteiger partial charge on any atom is 0.355 e. The van der Waals surface area contributed by atoms with E-state index < -0.39 is 5.97 Å². The number of halogens is 1. The summed E-state index contributed by atoms with van der Waals surface area (Å²) >= 11 is 1.29. The molecule has 2 rings (SSSR count). The molecule has 1 unspecified atom stereocenters. The lowest BCUT2D eigenvalue weighted by Crippen LogP contribution is -2.07. The fourth-order valence-corrected chi connectivity index (χ4v) is 2.57. The Labute approximate surface area is 113 Å². The summed E-state index contributed by atoms with van der Waals surface area (Å²) < 4.78 is 12.8. The molecule has 100 valence electrons. The van der Waals surface area contributed by atoms with Crippen LogP contribution in [-0.4, -0.2) is 16.1 Å². The van der Waals surface area contributed by atoms with Gasteiger partial charge in [-0.3, -0.25) is 0 Å². The number of anilines is 1. The van der Waals surface area contributed by atoms with E-state index in [0.717, 1.165) is 5.56 Å². The van der Waals surface area contributed by atoms with E-state index in [2.05, 4.69) is 10.3 Å². The highest BCUT2D eigenvalue weighted by Gasteiger charge is 2.15. The largest absolute Gasteiger partial charge is 0.476 e. The van der Waals surface area contributed by atoms with Crippen molar-refractivity contribution in [3.63, 3.8) is 0 Å². The number of nitrogens with one attached hydrogen (secondary N) is 1. The standard InChI is InChI=1S/C13H13FN2O2S/c1-7(9-3-5-10(14)6-4-9)15-13-16-11(12(17)18)8(2)19-13/h3-7H,1-2H3,(H,15,16)(H,17,18). The highest BCUT2D eigenvalue weighted by Crippen LogP contribution is 2.26. The molecule has 0 radical (unpaired) electrons. The molecule has 0 saturated carbocycles. The third kappa shape index (κ3) is 3.08. The summed E-state index contributed by atoms with van der Waals surface area (Å²) in [5, 5.41) is 12.6. The van der Waals surface area contributed by atoms with Crippen LogP contribution in [0.25, 0.3) is 0 Å². The third-order valence-corrected chi connectivity index (χ3v) is 3.61. The summed E-state index contributed by atoms with van der Waals surface area (Å²) in [6, 6.07) is 6.08. The van der Waals surface area contributed by atoms with Crippen molar-refractivity contribution in [3.05, 3.63) is 46.2 Å². The molecule has 2 aromatic rings. The van der Waals surface area contributed by atoms with Gasteiger partial charge in [0.25, 0.3) is 0 Å². The Hall–Kier alpha value is -1.95. The molecule has 0 aliphatic heterocycles. The van der Waals surface area contributed by atoms with Gasteiger partial charge in [-0.2, -0.15) is 0 Å². The summed E-state index contributed by atoms with van der Waals surface area (Å²) in [7, 11) is 0. The van der Waals surface area contributed by atoms with Gasteiger partial charge in [-0.25, -0.2) is 14.2 Å². The first kappa shape index (κ1) is 13.5. The molecule has 1 heterocycles. The van der Waals surface area contributed by atoms with Crippen molar-refractivity contribution >= 4 is 22.4 Å². The third-order valence-electron chi connectivity index (χ3n) is 2.71. The normalized spacial score (nSPS) is 12.2. The number of carbonyl (C=O) groups is 1. The number of thiazole rings is 1. The van der Waals surface area contributed by atoms with Gasteiger partial charge in [-0.05, 0) is 31.5 Å². The summed E-state index contributed by atoms with van der Waals surface area (Å²) in [6.07, 6.45) is 0. The van der Waals surface area contributed by atoms with Crippen LogP contribution in [0.4, 0.5) is 9.52 Å². The van der Waals surface area contributed by atoms with E-state index in [4.69, 9.17) is 5.11 Å². The van der Waals surface area contributed by atoms with Gasteiger partial charge in [0.15, 0.2) is 10.8 Å². The van der Waals surface area contributed by atoms with Crippen LogP contribution in [0.5, 0.6) is 0 Å². The smallest absolute Gasteiger partial charge is 0.355 e. The van der Waals surface area contributed by atoms with Gasteiger partial charge in [0, 0.05) is 4.88 Å². The van der Waals surface area contributed by atoms with Gasteiger partial charge in [0.2, 0.25) is 0 Å². The molecular formula is C13H13FN2O2S. The van der Waals surface area contributed by atoms with E-state index in [1.54, 1.807) is 19.1 Å². The second kappa shape index (κ2) is 5.36. The van der Waals surface area contributed by atoms with Crippen LogP contribution in [0.3, 0.4) is 0 Å². The monoisotopic (exact) mass is 280 g/mol. The molecule has 1 aromatic heterocycles. The Morgan fingerprint density at radius 3 is 2.58 bits per heavy atom. The number of benzene rings is 1. The van der Waals surface area contributed by atoms with E-state index in [0.29, 0.717) is 10.0 Å². The van der Waals surface area contributed by atoms with Crippen LogP contribution in [0.15, 0.2) is 24.3 Å². The molecule has 6 heteroatoms. The second-order valence-corrected chi connectivity index (χ2v) is 5.35. The Morgan fingerprint density at radius 1 is 1.42 bits per heavy atom. The summed E-state index contributed by atoms with van der Waals surface area (Å²) in [4.78, 5) is 15.6. The number of aromatic nitrogens is 1. The highest BCUT2D eigenvalue weighted by atomic mass is 32.1. The predicted octanol–water partition coefficient (Wildman–Crippen LogP) is 3.46. The predicted molar refractivity (Wildman–Crippen MR) is 72.2 cm³/mol.